The summed E-state index contributed by atoms with van der Waals surface area (Å²) in [6.45, 7) is 0. The molecule has 0 aliphatic carbocycles. The van der Waals surface area contributed by atoms with Crippen LogP contribution in [0.2, 0.25) is 0 Å². The van der Waals surface area contributed by atoms with Gasteiger partial charge in [0.05, 0.1) is 0 Å². The molecule has 13 heavy (non-hydrogen) atoms. The fourth-order valence-electron chi connectivity index (χ4n) is 1.46. The third-order valence-electron chi connectivity index (χ3n) is 2.13. The van der Waals surface area contributed by atoms with Crippen LogP contribution in [0.5, 0.6) is 0 Å². The van der Waals surface area contributed by atoms with E-state index in [1.807, 2.05) is 0 Å². The van der Waals surface area contributed by atoms with Crippen molar-refractivity contribution >= 4 is 39.3 Å². The zero-order valence-electron chi connectivity index (χ0n) is 7.00. The molecule has 0 atom stereocenters. The first-order valence-corrected chi connectivity index (χ1v) is 5.52. The van der Waals surface area contributed by atoms with Gasteiger partial charge in [0, 0.05) is 10.2 Å². The lowest BCUT2D eigenvalue weighted by Crippen LogP contribution is -1.82. The summed E-state index contributed by atoms with van der Waals surface area (Å²) in [7, 11) is 0. The van der Waals surface area contributed by atoms with Crippen LogP contribution in [-0.2, 0) is 5.75 Å². The van der Waals surface area contributed by atoms with Crippen LogP contribution in [-0.4, -0.2) is 0 Å². The molecule has 2 rings (SSSR count). The van der Waals surface area contributed by atoms with Crippen LogP contribution in [0.25, 0.3) is 10.8 Å². The van der Waals surface area contributed by atoms with Gasteiger partial charge in [-0.3, -0.25) is 0 Å². The lowest BCUT2D eigenvalue weighted by Gasteiger charge is -2.04. The van der Waals surface area contributed by atoms with Crippen molar-refractivity contribution in [2.24, 2.45) is 0 Å². The van der Waals surface area contributed by atoms with Crippen LogP contribution >= 0.6 is 28.6 Å². The number of halogens is 1. The van der Waals surface area contributed by atoms with Crippen molar-refractivity contribution in [1.29, 1.82) is 0 Å². The fraction of sp³-hybridized carbons (Fsp3) is 0.0909. The Labute approximate surface area is 91.5 Å². The first-order valence-electron chi connectivity index (χ1n) is 4.10. The molecule has 0 N–H and O–H groups in total. The van der Waals surface area contributed by atoms with E-state index in [0.717, 1.165) is 10.2 Å². The highest BCUT2D eigenvalue weighted by atomic mass is 79.9. The van der Waals surface area contributed by atoms with Crippen LogP contribution in [0.4, 0.5) is 0 Å². The lowest BCUT2D eigenvalue weighted by molar-refractivity contribution is 1.47. The van der Waals surface area contributed by atoms with Gasteiger partial charge >= 0.3 is 0 Å². The first kappa shape index (κ1) is 9.10. The molecular formula is C11H9BrS. The number of hydrogen-bond donors (Lipinski definition) is 1. The smallest absolute Gasteiger partial charge is 0.0253 e. The second kappa shape index (κ2) is 3.72. The van der Waals surface area contributed by atoms with E-state index in [4.69, 9.17) is 0 Å². The molecule has 0 unspecified atom stereocenters. The van der Waals surface area contributed by atoms with Gasteiger partial charge in [0.1, 0.15) is 0 Å². The van der Waals surface area contributed by atoms with E-state index < -0.39 is 0 Å². The molecule has 0 aliphatic rings. The molecule has 0 aromatic heterocycles. The zero-order valence-corrected chi connectivity index (χ0v) is 9.48. The maximum absolute atomic E-state index is 4.30. The lowest BCUT2D eigenvalue weighted by atomic mass is 10.1. The highest BCUT2D eigenvalue weighted by Crippen LogP contribution is 2.27. The predicted molar refractivity (Wildman–Crippen MR) is 64.3 cm³/mol. The summed E-state index contributed by atoms with van der Waals surface area (Å²) in [5.74, 6) is 0.786. The minimum absolute atomic E-state index is 0.786. The molecule has 0 aliphatic heterocycles. The average molecular weight is 253 g/mol. The van der Waals surface area contributed by atoms with Gasteiger partial charge in [0.2, 0.25) is 0 Å². The highest BCUT2D eigenvalue weighted by molar-refractivity contribution is 9.10. The zero-order chi connectivity index (χ0) is 9.26. The Kier molecular flexibility index (Phi) is 2.61. The number of hydrogen-bond acceptors (Lipinski definition) is 1. The third kappa shape index (κ3) is 1.61. The van der Waals surface area contributed by atoms with Crippen molar-refractivity contribution in [2.75, 3.05) is 0 Å². The number of rotatable bonds is 1. The van der Waals surface area contributed by atoms with Crippen molar-refractivity contribution in [3.05, 3.63) is 46.4 Å². The molecule has 2 aromatic carbocycles. The standard InChI is InChI=1S/C11H9BrS/c12-11-6-5-8(7-13)9-3-1-2-4-10(9)11/h1-6,13H,7H2. The van der Waals surface area contributed by atoms with Crippen molar-refractivity contribution in [2.45, 2.75) is 5.75 Å². The van der Waals surface area contributed by atoms with Crippen molar-refractivity contribution in [1.82, 2.24) is 0 Å². The normalized spacial score (nSPS) is 10.6. The Morgan fingerprint density at radius 2 is 1.69 bits per heavy atom. The molecule has 66 valence electrons. The van der Waals surface area contributed by atoms with Gasteiger partial charge in [0.25, 0.3) is 0 Å². The summed E-state index contributed by atoms with van der Waals surface area (Å²) in [5.41, 5.74) is 1.28. The number of thiol groups is 1. The van der Waals surface area contributed by atoms with Gasteiger partial charge in [0.15, 0.2) is 0 Å². The highest BCUT2D eigenvalue weighted by Gasteiger charge is 2.01. The van der Waals surface area contributed by atoms with E-state index in [1.165, 1.54) is 16.3 Å². The summed E-state index contributed by atoms with van der Waals surface area (Å²) < 4.78 is 1.15. The van der Waals surface area contributed by atoms with Crippen LogP contribution in [0.15, 0.2) is 40.9 Å². The maximum Gasteiger partial charge on any atom is 0.0253 e. The van der Waals surface area contributed by atoms with Gasteiger partial charge < -0.3 is 0 Å². The maximum atomic E-state index is 4.30. The topological polar surface area (TPSA) is 0 Å². The van der Waals surface area contributed by atoms with E-state index in [2.05, 4.69) is 65.0 Å². The first-order chi connectivity index (χ1) is 6.33. The molecule has 0 nitrogen and oxygen atoms in total. The molecule has 0 amide bonds. The van der Waals surface area contributed by atoms with Crippen molar-refractivity contribution in [3.8, 4) is 0 Å². The molecule has 0 radical (unpaired) electrons. The Balaban J connectivity index is 2.84. The largest absolute Gasteiger partial charge is 0.175 e. The van der Waals surface area contributed by atoms with Gasteiger partial charge in [-0.2, -0.15) is 12.6 Å². The summed E-state index contributed by atoms with van der Waals surface area (Å²) >= 11 is 7.84. The summed E-state index contributed by atoms with van der Waals surface area (Å²) in [6.07, 6.45) is 0. The van der Waals surface area contributed by atoms with Gasteiger partial charge in [-0.1, -0.05) is 46.3 Å². The Bertz CT molecular complexity index is 437. The van der Waals surface area contributed by atoms with E-state index in [0.29, 0.717) is 0 Å². The molecule has 0 saturated carbocycles. The van der Waals surface area contributed by atoms with Gasteiger partial charge in [-0.25, -0.2) is 0 Å². The minimum Gasteiger partial charge on any atom is -0.175 e. The predicted octanol–water partition coefficient (Wildman–Crippen LogP) is 4.03. The molecule has 0 saturated heterocycles. The van der Waals surface area contributed by atoms with E-state index in [-0.39, 0.29) is 0 Å². The third-order valence-corrected chi connectivity index (χ3v) is 3.16. The summed E-state index contributed by atoms with van der Waals surface area (Å²) in [6, 6.07) is 12.5. The van der Waals surface area contributed by atoms with E-state index >= 15 is 0 Å². The number of fused-ring (bicyclic) bond motifs is 1. The van der Waals surface area contributed by atoms with Gasteiger partial charge in [-0.15, -0.1) is 0 Å². The molecule has 0 heterocycles. The Morgan fingerprint density at radius 3 is 2.38 bits per heavy atom. The Morgan fingerprint density at radius 1 is 1.00 bits per heavy atom. The Hall–Kier alpha value is -0.470. The van der Waals surface area contributed by atoms with E-state index in [1.54, 1.807) is 0 Å². The SMILES string of the molecule is SCc1ccc(Br)c2ccccc12. The van der Waals surface area contributed by atoms with Crippen molar-refractivity contribution < 1.29 is 0 Å². The monoisotopic (exact) mass is 252 g/mol. The minimum atomic E-state index is 0.786. The molecule has 2 aromatic rings. The summed E-state index contributed by atoms with van der Waals surface area (Å²) in [5, 5.41) is 2.54. The fourth-order valence-corrected chi connectivity index (χ4v) is 2.22. The molecule has 0 fully saturated rings. The molecular weight excluding hydrogens is 244 g/mol. The molecule has 0 bridgehead atoms. The average Bonchev–Trinajstić information content (AvgIpc) is 2.19. The quantitative estimate of drug-likeness (QED) is 0.729. The van der Waals surface area contributed by atoms with Crippen LogP contribution in [0.1, 0.15) is 5.56 Å². The molecule has 0 spiro atoms. The van der Waals surface area contributed by atoms with Crippen LogP contribution < -0.4 is 0 Å². The van der Waals surface area contributed by atoms with Crippen LogP contribution in [0, 0.1) is 0 Å². The van der Waals surface area contributed by atoms with E-state index in [9.17, 15) is 0 Å². The van der Waals surface area contributed by atoms with Gasteiger partial charge in [-0.05, 0) is 22.4 Å². The second-order valence-corrected chi connectivity index (χ2v) is 4.08. The number of benzene rings is 2. The summed E-state index contributed by atoms with van der Waals surface area (Å²) in [4.78, 5) is 0. The second-order valence-electron chi connectivity index (χ2n) is 2.91. The molecule has 2 heteroatoms. The van der Waals surface area contributed by atoms with Crippen LogP contribution in [0.3, 0.4) is 0 Å². The van der Waals surface area contributed by atoms with Crippen molar-refractivity contribution in [3.63, 3.8) is 0 Å².